The van der Waals surface area contributed by atoms with Gasteiger partial charge >= 0.3 is 12.2 Å². The summed E-state index contributed by atoms with van der Waals surface area (Å²) < 4.78 is 39.6. The highest BCUT2D eigenvalue weighted by molar-refractivity contribution is 5.95. The number of anilines is 2. The quantitative estimate of drug-likeness (QED) is 0.413. The van der Waals surface area contributed by atoms with Gasteiger partial charge in [0.25, 0.3) is 0 Å². The van der Waals surface area contributed by atoms with Gasteiger partial charge in [-0.25, -0.2) is 4.79 Å². The third-order valence-electron chi connectivity index (χ3n) is 6.08. The number of halogens is 3. The van der Waals surface area contributed by atoms with Crippen molar-refractivity contribution in [3.63, 3.8) is 0 Å². The lowest BCUT2D eigenvalue weighted by Crippen LogP contribution is -2.50. The number of carbonyl (C=O) groups excluding carboxylic acids is 1. The molecule has 1 saturated heterocycles. The minimum atomic E-state index is -4.54. The van der Waals surface area contributed by atoms with Gasteiger partial charge in [-0.1, -0.05) is 54.6 Å². The Labute approximate surface area is 200 Å². The summed E-state index contributed by atoms with van der Waals surface area (Å²) >= 11 is 0. The maximum atomic E-state index is 13.2. The Hall–Kier alpha value is -4.14. The van der Waals surface area contributed by atoms with E-state index in [1.165, 1.54) is 23.1 Å². The van der Waals surface area contributed by atoms with E-state index in [0.29, 0.717) is 32.0 Å². The highest BCUT2D eigenvalue weighted by Crippen LogP contribution is 2.34. The van der Waals surface area contributed by atoms with Crippen LogP contribution in [0.15, 0.2) is 78.9 Å². The highest BCUT2D eigenvalue weighted by Gasteiger charge is 2.34. The molecular weight excluding hydrogens is 455 g/mol. The number of alkyl halides is 3. The fourth-order valence-electron chi connectivity index (χ4n) is 4.26. The molecule has 0 aliphatic carbocycles. The van der Waals surface area contributed by atoms with Gasteiger partial charge in [-0.2, -0.15) is 13.2 Å². The number of para-hydroxylation sites is 1. The molecule has 9 heteroatoms. The Kier molecular flexibility index (Phi) is 5.98. The van der Waals surface area contributed by atoms with Crippen molar-refractivity contribution in [2.45, 2.75) is 6.18 Å². The third kappa shape index (κ3) is 4.75. The van der Waals surface area contributed by atoms with E-state index in [1.807, 2.05) is 41.3 Å². The highest BCUT2D eigenvalue weighted by atomic mass is 19.4. The lowest BCUT2D eigenvalue weighted by molar-refractivity contribution is -0.136. The molecule has 1 aromatic heterocycles. The number of piperazine rings is 1. The molecule has 1 fully saturated rings. The summed E-state index contributed by atoms with van der Waals surface area (Å²) in [5.74, 6) is 0.691. The van der Waals surface area contributed by atoms with Gasteiger partial charge in [0.1, 0.15) is 0 Å². The predicted molar refractivity (Wildman–Crippen MR) is 129 cm³/mol. The lowest BCUT2D eigenvalue weighted by atomic mass is 10.0. The van der Waals surface area contributed by atoms with Gasteiger partial charge in [-0.05, 0) is 35.0 Å². The summed E-state index contributed by atoms with van der Waals surface area (Å²) in [5, 5.41) is 13.5. The standard InChI is InChI=1S/C26H22F3N5O/c27-26(28,29)21-10-3-4-11-23(21)30-25(35)34-16-14-33(15-17-34)24-13-12-22(31-32-24)20-9-5-7-18-6-1-2-8-19(18)20/h1-13H,14-17H2,(H,30,35). The van der Waals surface area contributed by atoms with E-state index >= 15 is 0 Å². The molecule has 4 aromatic rings. The average Bonchev–Trinajstić information content (AvgIpc) is 2.88. The Morgan fingerprint density at radius 2 is 1.51 bits per heavy atom. The number of nitrogens with one attached hydrogen (secondary N) is 1. The van der Waals surface area contributed by atoms with Crippen LogP contribution in [0.25, 0.3) is 22.0 Å². The molecule has 2 heterocycles. The number of carbonyl (C=O) groups is 1. The monoisotopic (exact) mass is 477 g/mol. The minimum Gasteiger partial charge on any atom is -0.352 e. The molecule has 0 radical (unpaired) electrons. The van der Waals surface area contributed by atoms with Crippen molar-refractivity contribution in [1.82, 2.24) is 15.1 Å². The third-order valence-corrected chi connectivity index (χ3v) is 6.08. The molecule has 3 aromatic carbocycles. The molecular formula is C26H22F3N5O. The summed E-state index contributed by atoms with van der Waals surface area (Å²) in [6.07, 6.45) is -4.54. The molecule has 1 N–H and O–H groups in total. The van der Waals surface area contributed by atoms with Crippen LogP contribution in [0.5, 0.6) is 0 Å². The van der Waals surface area contributed by atoms with Crippen molar-refractivity contribution in [3.05, 3.63) is 84.4 Å². The van der Waals surface area contributed by atoms with Gasteiger partial charge in [-0.15, -0.1) is 10.2 Å². The summed E-state index contributed by atoms with van der Waals surface area (Å²) in [6.45, 7) is 1.70. The van der Waals surface area contributed by atoms with Gasteiger partial charge in [-0.3, -0.25) is 0 Å². The van der Waals surface area contributed by atoms with E-state index in [2.05, 4.69) is 33.7 Å². The number of hydrogen-bond acceptors (Lipinski definition) is 4. The first-order valence-electron chi connectivity index (χ1n) is 11.2. The van der Waals surface area contributed by atoms with Crippen molar-refractivity contribution in [2.75, 3.05) is 36.4 Å². The summed E-state index contributed by atoms with van der Waals surface area (Å²) in [7, 11) is 0. The Bertz CT molecular complexity index is 1340. The molecule has 0 unspecified atom stereocenters. The fourth-order valence-corrected chi connectivity index (χ4v) is 4.26. The predicted octanol–water partition coefficient (Wildman–Crippen LogP) is 5.67. The van der Waals surface area contributed by atoms with Crippen LogP contribution < -0.4 is 10.2 Å². The van der Waals surface area contributed by atoms with Crippen LogP contribution in [0.2, 0.25) is 0 Å². The first-order chi connectivity index (χ1) is 16.9. The van der Waals surface area contributed by atoms with E-state index in [1.54, 1.807) is 0 Å². The molecule has 1 aliphatic heterocycles. The molecule has 6 nitrogen and oxygen atoms in total. The van der Waals surface area contributed by atoms with Gasteiger partial charge in [0, 0.05) is 31.7 Å². The lowest BCUT2D eigenvalue weighted by Gasteiger charge is -2.35. The number of rotatable bonds is 3. The zero-order valence-electron chi connectivity index (χ0n) is 18.7. The van der Waals surface area contributed by atoms with Crippen molar-refractivity contribution < 1.29 is 18.0 Å². The van der Waals surface area contributed by atoms with Crippen molar-refractivity contribution in [3.8, 4) is 11.3 Å². The minimum absolute atomic E-state index is 0.248. The van der Waals surface area contributed by atoms with Gasteiger partial charge in [0.2, 0.25) is 0 Å². The van der Waals surface area contributed by atoms with Crippen LogP contribution in [0, 0.1) is 0 Å². The summed E-state index contributed by atoms with van der Waals surface area (Å²) in [4.78, 5) is 16.1. The fraction of sp³-hybridized carbons (Fsp3) is 0.192. The van der Waals surface area contributed by atoms with Crippen LogP contribution in [-0.2, 0) is 6.18 Å². The van der Waals surface area contributed by atoms with Crippen molar-refractivity contribution >= 4 is 28.3 Å². The smallest absolute Gasteiger partial charge is 0.352 e. The molecule has 2 amide bonds. The summed E-state index contributed by atoms with van der Waals surface area (Å²) in [5.41, 5.74) is 0.658. The zero-order valence-corrected chi connectivity index (χ0v) is 18.7. The van der Waals surface area contributed by atoms with Gasteiger partial charge in [0.05, 0.1) is 16.9 Å². The van der Waals surface area contributed by atoms with Gasteiger partial charge in [0.15, 0.2) is 5.82 Å². The number of nitrogens with zero attached hydrogens (tertiary/aromatic N) is 4. The molecule has 35 heavy (non-hydrogen) atoms. The van der Waals surface area contributed by atoms with E-state index in [0.717, 1.165) is 28.1 Å². The topological polar surface area (TPSA) is 61.4 Å². The number of urea groups is 1. The largest absolute Gasteiger partial charge is 0.418 e. The second-order valence-electron chi connectivity index (χ2n) is 8.25. The molecule has 178 valence electrons. The Balaban J connectivity index is 1.24. The number of benzene rings is 3. The van der Waals surface area contributed by atoms with E-state index < -0.39 is 17.8 Å². The molecule has 0 saturated carbocycles. The van der Waals surface area contributed by atoms with Crippen molar-refractivity contribution in [1.29, 1.82) is 0 Å². The first kappa shape index (κ1) is 22.6. The van der Waals surface area contributed by atoms with Crippen molar-refractivity contribution in [2.24, 2.45) is 0 Å². The SMILES string of the molecule is O=C(Nc1ccccc1C(F)(F)F)N1CCN(c2ccc(-c3cccc4ccccc34)nn2)CC1. The molecule has 0 bridgehead atoms. The van der Waals surface area contributed by atoms with Crippen LogP contribution >= 0.6 is 0 Å². The first-order valence-corrected chi connectivity index (χ1v) is 11.2. The number of hydrogen-bond donors (Lipinski definition) is 1. The van der Waals surface area contributed by atoms with Crippen LogP contribution in [0.3, 0.4) is 0 Å². The normalized spacial score (nSPS) is 14.3. The molecule has 0 spiro atoms. The second-order valence-corrected chi connectivity index (χ2v) is 8.25. The number of aromatic nitrogens is 2. The van der Waals surface area contributed by atoms with Crippen LogP contribution in [0.1, 0.15) is 5.56 Å². The average molecular weight is 477 g/mol. The second kappa shape index (κ2) is 9.25. The van der Waals surface area contributed by atoms with Crippen LogP contribution in [0.4, 0.5) is 29.5 Å². The van der Waals surface area contributed by atoms with Crippen LogP contribution in [-0.4, -0.2) is 47.3 Å². The summed E-state index contributed by atoms with van der Waals surface area (Å²) in [6, 6.07) is 22.4. The maximum Gasteiger partial charge on any atom is 0.418 e. The zero-order chi connectivity index (χ0) is 24.4. The number of amides is 2. The van der Waals surface area contributed by atoms with E-state index in [9.17, 15) is 18.0 Å². The molecule has 1 aliphatic rings. The molecule has 0 atom stereocenters. The van der Waals surface area contributed by atoms with E-state index in [-0.39, 0.29) is 5.69 Å². The van der Waals surface area contributed by atoms with Gasteiger partial charge < -0.3 is 15.1 Å². The number of fused-ring (bicyclic) bond motifs is 1. The maximum absolute atomic E-state index is 13.2. The Morgan fingerprint density at radius 1 is 0.800 bits per heavy atom. The van der Waals surface area contributed by atoms with E-state index in [4.69, 9.17) is 0 Å². The Morgan fingerprint density at radius 3 is 2.26 bits per heavy atom. The molecule has 5 rings (SSSR count).